The molecular formula is C15H17N5O4S2. The molecule has 1 aromatic carbocycles. The van der Waals surface area contributed by atoms with Crippen LogP contribution in [-0.4, -0.2) is 46.7 Å². The second-order valence-corrected chi connectivity index (χ2v) is 8.61. The fraction of sp³-hybridized carbons (Fsp3) is 0.333. The monoisotopic (exact) mass is 395 g/mol. The number of para-hydroxylation sites is 1. The van der Waals surface area contributed by atoms with Crippen LogP contribution in [0, 0.1) is 0 Å². The van der Waals surface area contributed by atoms with Gasteiger partial charge in [0.25, 0.3) is 0 Å². The number of aromatic nitrogens is 1. The molecule has 1 atom stereocenters. The summed E-state index contributed by atoms with van der Waals surface area (Å²) in [6, 6.07) is 6.66. The van der Waals surface area contributed by atoms with Crippen molar-refractivity contribution in [2.45, 2.75) is 19.0 Å². The van der Waals surface area contributed by atoms with E-state index in [1.807, 2.05) is 0 Å². The van der Waals surface area contributed by atoms with E-state index in [4.69, 9.17) is 18.0 Å². The van der Waals surface area contributed by atoms with Crippen molar-refractivity contribution in [3.8, 4) is 5.88 Å². The summed E-state index contributed by atoms with van der Waals surface area (Å²) >= 11 is 5.08. The van der Waals surface area contributed by atoms with E-state index in [-0.39, 0.29) is 40.8 Å². The summed E-state index contributed by atoms with van der Waals surface area (Å²) in [4.78, 5) is 11.2. The van der Waals surface area contributed by atoms with Crippen molar-refractivity contribution in [2.24, 2.45) is 16.0 Å². The van der Waals surface area contributed by atoms with Gasteiger partial charge >= 0.3 is 0 Å². The van der Waals surface area contributed by atoms with Gasteiger partial charge < -0.3 is 20.7 Å². The summed E-state index contributed by atoms with van der Waals surface area (Å²) < 4.78 is 24.3. The van der Waals surface area contributed by atoms with Gasteiger partial charge in [0.2, 0.25) is 16.9 Å². The summed E-state index contributed by atoms with van der Waals surface area (Å²) in [6.07, 6.45) is 0.459. The molecule has 11 heteroatoms. The smallest absolute Gasteiger partial charge is 0.237 e. The third-order valence-electron chi connectivity index (χ3n) is 4.03. The van der Waals surface area contributed by atoms with E-state index in [9.17, 15) is 18.3 Å². The van der Waals surface area contributed by atoms with Crippen molar-refractivity contribution in [1.29, 1.82) is 0 Å². The Morgan fingerprint density at radius 2 is 2.15 bits per heavy atom. The number of aromatic hydroxyl groups is 1. The highest BCUT2D eigenvalue weighted by molar-refractivity contribution is 7.91. The van der Waals surface area contributed by atoms with E-state index in [1.54, 1.807) is 24.3 Å². The van der Waals surface area contributed by atoms with Crippen LogP contribution in [0.15, 0.2) is 34.5 Å². The molecule has 9 nitrogen and oxygen atoms in total. The minimum Gasteiger partial charge on any atom is -0.493 e. The first kappa shape index (κ1) is 18.3. The summed E-state index contributed by atoms with van der Waals surface area (Å²) in [6.45, 7) is -0.204. The van der Waals surface area contributed by atoms with Crippen molar-refractivity contribution >= 4 is 49.7 Å². The number of carbonyl (C=O) groups excluding carboxylic acids is 1. The Kier molecular flexibility index (Phi) is 4.92. The molecule has 0 radical (unpaired) electrons. The zero-order valence-electron chi connectivity index (χ0n) is 13.6. The lowest BCUT2D eigenvalue weighted by molar-refractivity contribution is -0.118. The summed E-state index contributed by atoms with van der Waals surface area (Å²) in [5.74, 6) is -0.735. The molecule has 138 valence electrons. The van der Waals surface area contributed by atoms with Crippen LogP contribution in [0.2, 0.25) is 0 Å². The van der Waals surface area contributed by atoms with Crippen LogP contribution in [0.5, 0.6) is 5.88 Å². The van der Waals surface area contributed by atoms with Crippen molar-refractivity contribution in [3.63, 3.8) is 0 Å². The highest BCUT2D eigenvalue weighted by atomic mass is 32.2. The van der Waals surface area contributed by atoms with Gasteiger partial charge in [0.15, 0.2) is 15.5 Å². The number of azo groups is 1. The maximum Gasteiger partial charge on any atom is 0.237 e. The number of sulfone groups is 1. The van der Waals surface area contributed by atoms with Crippen LogP contribution in [0.25, 0.3) is 10.9 Å². The summed E-state index contributed by atoms with van der Waals surface area (Å²) in [5, 5.41) is 21.7. The number of fused-ring (bicyclic) bond motifs is 1. The number of nitrogens with two attached hydrogens (primary N) is 1. The molecule has 0 spiro atoms. The molecule has 3 rings (SSSR count). The largest absolute Gasteiger partial charge is 0.493 e. The Morgan fingerprint density at radius 1 is 1.42 bits per heavy atom. The highest BCUT2D eigenvalue weighted by Crippen LogP contribution is 2.38. The first-order chi connectivity index (χ1) is 12.3. The Labute approximate surface area is 154 Å². The third-order valence-corrected chi connectivity index (χ3v) is 6.00. The minimum atomic E-state index is -3.03. The Hall–Kier alpha value is -2.53. The fourth-order valence-electron chi connectivity index (χ4n) is 2.89. The van der Waals surface area contributed by atoms with E-state index in [0.29, 0.717) is 17.3 Å². The molecule has 0 aliphatic carbocycles. The molecule has 1 aliphatic heterocycles. The molecule has 1 fully saturated rings. The van der Waals surface area contributed by atoms with Gasteiger partial charge in [0.1, 0.15) is 6.54 Å². The maximum absolute atomic E-state index is 11.5. The zero-order chi connectivity index (χ0) is 18.9. The lowest BCUT2D eigenvalue weighted by Gasteiger charge is -2.08. The predicted molar refractivity (Wildman–Crippen MR) is 100 cm³/mol. The zero-order valence-corrected chi connectivity index (χ0v) is 15.3. The lowest BCUT2D eigenvalue weighted by Crippen LogP contribution is -2.33. The third kappa shape index (κ3) is 3.83. The summed E-state index contributed by atoms with van der Waals surface area (Å²) in [5.41, 5.74) is 5.96. The number of thiocarbonyl (C=S) groups is 1. The minimum absolute atomic E-state index is 0.00578. The van der Waals surface area contributed by atoms with Gasteiger partial charge in [0.05, 0.1) is 17.0 Å². The highest BCUT2D eigenvalue weighted by Gasteiger charge is 2.28. The number of hydrogen-bond acceptors (Lipinski definition) is 6. The average molecular weight is 395 g/mol. The summed E-state index contributed by atoms with van der Waals surface area (Å²) in [7, 11) is -3.03. The second-order valence-electron chi connectivity index (χ2n) is 5.99. The molecule has 0 unspecified atom stereocenters. The molecule has 2 aromatic rings. The number of primary amides is 1. The van der Waals surface area contributed by atoms with Crippen LogP contribution in [0.3, 0.4) is 0 Å². The number of carbonyl (C=O) groups is 1. The van der Waals surface area contributed by atoms with Crippen LogP contribution in [0.4, 0.5) is 5.69 Å². The molecule has 2 heterocycles. The average Bonchev–Trinajstić information content (AvgIpc) is 3.03. The van der Waals surface area contributed by atoms with Gasteiger partial charge in [-0.05, 0) is 24.7 Å². The normalized spacial score (nSPS) is 19.2. The van der Waals surface area contributed by atoms with Crippen molar-refractivity contribution in [3.05, 3.63) is 24.3 Å². The molecule has 4 N–H and O–H groups in total. The standard InChI is InChI=1S/C15H17N5O4S2/c16-12(21)7-20-11-4-2-1-3-10(11)13(14(20)22)18-19-15(25)17-9-5-6-26(23,24)8-9/h1-4,9,22H,5-8H2,(H2,16,21)(H,17,25)/t9-/m0/s1. The number of nitrogens with zero attached hydrogens (tertiary/aromatic N) is 3. The van der Waals surface area contributed by atoms with E-state index in [1.165, 1.54) is 4.57 Å². The van der Waals surface area contributed by atoms with Gasteiger partial charge in [-0.3, -0.25) is 4.79 Å². The first-order valence-electron chi connectivity index (χ1n) is 7.78. The van der Waals surface area contributed by atoms with Crippen LogP contribution in [0.1, 0.15) is 6.42 Å². The second kappa shape index (κ2) is 7.00. The van der Waals surface area contributed by atoms with Gasteiger partial charge in [-0.15, -0.1) is 10.2 Å². The Balaban J connectivity index is 1.84. The lowest BCUT2D eigenvalue weighted by atomic mass is 10.2. The number of benzene rings is 1. The van der Waals surface area contributed by atoms with Gasteiger partial charge in [-0.2, -0.15) is 0 Å². The number of nitrogens with one attached hydrogen (secondary N) is 1. The van der Waals surface area contributed by atoms with Crippen LogP contribution in [-0.2, 0) is 21.2 Å². The van der Waals surface area contributed by atoms with E-state index in [2.05, 4.69) is 15.5 Å². The van der Waals surface area contributed by atoms with Crippen molar-refractivity contribution in [2.75, 3.05) is 11.5 Å². The molecule has 1 amide bonds. The number of hydrogen-bond donors (Lipinski definition) is 3. The molecule has 0 bridgehead atoms. The molecule has 26 heavy (non-hydrogen) atoms. The van der Waals surface area contributed by atoms with Crippen LogP contribution < -0.4 is 11.1 Å². The molecule has 1 aliphatic rings. The number of amides is 1. The quantitative estimate of drug-likeness (QED) is 0.521. The maximum atomic E-state index is 11.5. The first-order valence-corrected chi connectivity index (χ1v) is 10.0. The molecular weight excluding hydrogens is 378 g/mol. The van der Waals surface area contributed by atoms with E-state index < -0.39 is 15.7 Å². The predicted octanol–water partition coefficient (Wildman–Crippen LogP) is 0.977. The molecule has 1 aromatic heterocycles. The topological polar surface area (TPSA) is 139 Å². The SMILES string of the molecule is NC(=O)Cn1c(O)c(N=NC(=S)N[C@H]2CCS(=O)(=O)C2)c2ccccc21. The number of rotatable bonds is 4. The Bertz CT molecular complexity index is 1010. The van der Waals surface area contributed by atoms with Gasteiger partial charge in [-0.1, -0.05) is 18.2 Å². The molecule has 1 saturated heterocycles. The van der Waals surface area contributed by atoms with Crippen molar-refractivity contribution < 1.29 is 18.3 Å². The molecule has 0 saturated carbocycles. The van der Waals surface area contributed by atoms with Gasteiger partial charge in [-0.25, -0.2) is 8.42 Å². The van der Waals surface area contributed by atoms with Gasteiger partial charge in [0, 0.05) is 11.4 Å². The van der Waals surface area contributed by atoms with E-state index >= 15 is 0 Å². The fourth-order valence-corrected chi connectivity index (χ4v) is 4.77. The van der Waals surface area contributed by atoms with Crippen molar-refractivity contribution in [1.82, 2.24) is 9.88 Å². The Morgan fingerprint density at radius 3 is 2.81 bits per heavy atom. The van der Waals surface area contributed by atoms with E-state index in [0.717, 1.165) is 0 Å². The van der Waals surface area contributed by atoms with Crippen LogP contribution >= 0.6 is 12.2 Å².